The van der Waals surface area contributed by atoms with Crippen molar-refractivity contribution in [3.63, 3.8) is 0 Å². The van der Waals surface area contributed by atoms with Crippen molar-refractivity contribution in [2.45, 2.75) is 0 Å². The monoisotopic (exact) mass is 311 g/mol. The van der Waals surface area contributed by atoms with Gasteiger partial charge in [0, 0.05) is 44.0 Å². The van der Waals surface area contributed by atoms with E-state index in [0.29, 0.717) is 42.5 Å². The number of piperazine rings is 1. The van der Waals surface area contributed by atoms with Crippen molar-refractivity contribution in [2.75, 3.05) is 45.6 Å². The van der Waals surface area contributed by atoms with E-state index in [1.165, 1.54) is 7.11 Å². The van der Waals surface area contributed by atoms with Crippen LogP contribution >= 0.6 is 11.6 Å². The molecule has 2 rings (SSSR count). The molecule has 21 heavy (non-hydrogen) atoms. The lowest BCUT2D eigenvalue weighted by molar-refractivity contribution is -0.136. The zero-order chi connectivity index (χ0) is 15.4. The summed E-state index contributed by atoms with van der Waals surface area (Å²) in [5, 5.41) is 0.474. The number of amides is 2. The lowest BCUT2D eigenvalue weighted by atomic mass is 10.1. The topological polar surface area (TPSA) is 75.9 Å². The van der Waals surface area contributed by atoms with Gasteiger partial charge in [-0.1, -0.05) is 11.6 Å². The van der Waals surface area contributed by atoms with Gasteiger partial charge < -0.3 is 20.3 Å². The van der Waals surface area contributed by atoms with Crippen molar-refractivity contribution >= 4 is 29.1 Å². The van der Waals surface area contributed by atoms with Crippen LogP contribution in [-0.4, -0.2) is 61.5 Å². The van der Waals surface area contributed by atoms with E-state index in [1.54, 1.807) is 28.0 Å². The first-order valence-corrected chi connectivity index (χ1v) is 7.01. The smallest absolute Gasteiger partial charge is 0.256 e. The van der Waals surface area contributed by atoms with Crippen LogP contribution < -0.4 is 5.73 Å². The van der Waals surface area contributed by atoms with Gasteiger partial charge in [0.05, 0.1) is 5.56 Å². The van der Waals surface area contributed by atoms with Crippen LogP contribution in [0.3, 0.4) is 0 Å². The number of benzene rings is 1. The highest BCUT2D eigenvalue weighted by atomic mass is 35.5. The van der Waals surface area contributed by atoms with Gasteiger partial charge >= 0.3 is 0 Å². The van der Waals surface area contributed by atoms with Gasteiger partial charge in [0.15, 0.2) is 0 Å². The van der Waals surface area contributed by atoms with E-state index in [4.69, 9.17) is 22.1 Å². The fraction of sp³-hybridized carbons (Fsp3) is 0.429. The number of hydrogen-bond acceptors (Lipinski definition) is 4. The Labute approximate surface area is 128 Å². The molecule has 1 fully saturated rings. The quantitative estimate of drug-likeness (QED) is 0.840. The Morgan fingerprint density at radius 1 is 1.24 bits per heavy atom. The Morgan fingerprint density at radius 2 is 1.86 bits per heavy atom. The van der Waals surface area contributed by atoms with Gasteiger partial charge in [-0.05, 0) is 18.2 Å². The molecule has 1 aromatic rings. The van der Waals surface area contributed by atoms with E-state index in [0.717, 1.165) is 0 Å². The van der Waals surface area contributed by atoms with E-state index in [-0.39, 0.29) is 18.4 Å². The molecule has 0 saturated carbocycles. The van der Waals surface area contributed by atoms with Crippen LogP contribution in [0.2, 0.25) is 5.02 Å². The lowest BCUT2D eigenvalue weighted by Crippen LogP contribution is -2.51. The highest BCUT2D eigenvalue weighted by Gasteiger charge is 2.25. The first-order valence-electron chi connectivity index (χ1n) is 6.64. The predicted octanol–water partition coefficient (Wildman–Crippen LogP) is 0.853. The zero-order valence-corrected chi connectivity index (χ0v) is 12.6. The number of nitrogen functional groups attached to an aromatic ring is 1. The van der Waals surface area contributed by atoms with Crippen molar-refractivity contribution in [3.8, 4) is 0 Å². The van der Waals surface area contributed by atoms with Crippen molar-refractivity contribution in [1.29, 1.82) is 0 Å². The second-order valence-electron chi connectivity index (χ2n) is 4.84. The Balaban J connectivity index is 2.00. The molecule has 6 nitrogen and oxygen atoms in total. The number of carbonyl (C=O) groups excluding carboxylic acids is 2. The number of methoxy groups -OCH3 is 1. The highest BCUT2D eigenvalue weighted by molar-refractivity contribution is 6.31. The van der Waals surface area contributed by atoms with Crippen molar-refractivity contribution in [2.24, 2.45) is 0 Å². The largest absolute Gasteiger partial charge is 0.398 e. The summed E-state index contributed by atoms with van der Waals surface area (Å²) in [6.45, 7) is 2.00. The molecule has 1 aliphatic rings. The average molecular weight is 312 g/mol. The van der Waals surface area contributed by atoms with Crippen LogP contribution in [-0.2, 0) is 9.53 Å². The third kappa shape index (κ3) is 3.65. The molecule has 0 spiro atoms. The number of hydrogen-bond donors (Lipinski definition) is 1. The molecule has 2 N–H and O–H groups in total. The molecule has 1 aliphatic heterocycles. The lowest BCUT2D eigenvalue weighted by Gasteiger charge is -2.34. The van der Waals surface area contributed by atoms with E-state index in [2.05, 4.69) is 0 Å². The maximum Gasteiger partial charge on any atom is 0.256 e. The Kier molecular flexibility index (Phi) is 5.03. The van der Waals surface area contributed by atoms with Gasteiger partial charge in [-0.15, -0.1) is 0 Å². The minimum absolute atomic E-state index is 0.0631. The SMILES string of the molecule is COCC(=O)N1CCN(C(=O)c2cc(Cl)ccc2N)CC1. The number of halogens is 1. The van der Waals surface area contributed by atoms with Crippen LogP contribution in [0.5, 0.6) is 0 Å². The standard InChI is InChI=1S/C14H18ClN3O3/c1-21-9-13(19)17-4-6-18(7-5-17)14(20)11-8-10(15)2-3-12(11)16/h2-3,8H,4-7,9,16H2,1H3. The second kappa shape index (κ2) is 6.78. The normalized spacial score (nSPS) is 15.1. The van der Waals surface area contributed by atoms with E-state index in [9.17, 15) is 9.59 Å². The Bertz CT molecular complexity index is 542. The van der Waals surface area contributed by atoms with Crippen LogP contribution in [0.15, 0.2) is 18.2 Å². The summed E-state index contributed by atoms with van der Waals surface area (Å²) in [4.78, 5) is 27.5. The van der Waals surface area contributed by atoms with E-state index >= 15 is 0 Å². The molecule has 0 radical (unpaired) electrons. The third-order valence-corrected chi connectivity index (χ3v) is 3.67. The summed E-state index contributed by atoms with van der Waals surface area (Å²) in [6.07, 6.45) is 0. The van der Waals surface area contributed by atoms with Gasteiger partial charge in [0.2, 0.25) is 5.91 Å². The first-order chi connectivity index (χ1) is 10.0. The van der Waals surface area contributed by atoms with Gasteiger partial charge in [-0.2, -0.15) is 0 Å². The maximum atomic E-state index is 12.4. The molecule has 0 bridgehead atoms. The van der Waals surface area contributed by atoms with Gasteiger partial charge in [0.1, 0.15) is 6.61 Å². The average Bonchev–Trinajstić information content (AvgIpc) is 2.49. The molecule has 114 valence electrons. The van der Waals surface area contributed by atoms with Crippen molar-refractivity contribution in [3.05, 3.63) is 28.8 Å². The highest BCUT2D eigenvalue weighted by Crippen LogP contribution is 2.20. The predicted molar refractivity (Wildman–Crippen MR) is 80.2 cm³/mol. The fourth-order valence-electron chi connectivity index (χ4n) is 2.26. The summed E-state index contributed by atoms with van der Waals surface area (Å²) in [6, 6.07) is 4.84. The summed E-state index contributed by atoms with van der Waals surface area (Å²) < 4.78 is 4.83. The molecular weight excluding hydrogens is 294 g/mol. The summed E-state index contributed by atoms with van der Waals surface area (Å²) in [7, 11) is 1.49. The summed E-state index contributed by atoms with van der Waals surface area (Å²) in [5.74, 6) is -0.222. The summed E-state index contributed by atoms with van der Waals surface area (Å²) in [5.41, 5.74) is 6.63. The second-order valence-corrected chi connectivity index (χ2v) is 5.27. The molecule has 0 unspecified atom stereocenters. The van der Waals surface area contributed by atoms with E-state index in [1.807, 2.05) is 0 Å². The minimum atomic E-state index is -0.158. The molecule has 0 atom stereocenters. The van der Waals surface area contributed by atoms with Gasteiger partial charge in [0.25, 0.3) is 5.91 Å². The number of ether oxygens (including phenoxy) is 1. The Morgan fingerprint density at radius 3 is 2.48 bits per heavy atom. The third-order valence-electron chi connectivity index (χ3n) is 3.43. The van der Waals surface area contributed by atoms with E-state index < -0.39 is 0 Å². The van der Waals surface area contributed by atoms with Crippen molar-refractivity contribution in [1.82, 2.24) is 9.80 Å². The molecule has 2 amide bonds. The number of carbonyl (C=O) groups is 2. The first kappa shape index (κ1) is 15.6. The molecular formula is C14H18ClN3O3. The fourth-order valence-corrected chi connectivity index (χ4v) is 2.43. The van der Waals surface area contributed by atoms with Crippen LogP contribution in [0.25, 0.3) is 0 Å². The zero-order valence-electron chi connectivity index (χ0n) is 11.8. The number of nitrogens with zero attached hydrogens (tertiary/aromatic N) is 2. The molecule has 0 aromatic heterocycles. The molecule has 0 aliphatic carbocycles. The molecule has 1 heterocycles. The van der Waals surface area contributed by atoms with Crippen LogP contribution in [0.1, 0.15) is 10.4 Å². The number of anilines is 1. The van der Waals surface area contributed by atoms with Crippen LogP contribution in [0.4, 0.5) is 5.69 Å². The maximum absolute atomic E-state index is 12.4. The molecule has 7 heteroatoms. The molecule has 1 saturated heterocycles. The van der Waals surface area contributed by atoms with Gasteiger partial charge in [-0.3, -0.25) is 9.59 Å². The molecule has 1 aromatic carbocycles. The number of rotatable bonds is 3. The van der Waals surface area contributed by atoms with Crippen molar-refractivity contribution < 1.29 is 14.3 Å². The number of nitrogens with two attached hydrogens (primary N) is 1. The summed E-state index contributed by atoms with van der Waals surface area (Å²) >= 11 is 5.91. The minimum Gasteiger partial charge on any atom is -0.398 e. The van der Waals surface area contributed by atoms with Gasteiger partial charge in [-0.25, -0.2) is 0 Å². The Hall–Kier alpha value is -1.79. The van der Waals surface area contributed by atoms with Crippen LogP contribution in [0, 0.1) is 0 Å².